The van der Waals surface area contributed by atoms with Gasteiger partial charge in [-0.05, 0) is 47.7 Å². The van der Waals surface area contributed by atoms with Crippen molar-refractivity contribution in [2.75, 3.05) is 5.94 Å². The zero-order chi connectivity index (χ0) is 28.4. The van der Waals surface area contributed by atoms with Crippen LogP contribution in [0.25, 0.3) is 17.0 Å². The van der Waals surface area contributed by atoms with E-state index >= 15 is 0 Å². The third kappa shape index (κ3) is 8.72. The van der Waals surface area contributed by atoms with Crippen molar-refractivity contribution in [2.45, 2.75) is 9.96 Å². The lowest BCUT2D eigenvalue weighted by atomic mass is 10.2. The quantitative estimate of drug-likeness (QED) is 0.0562. The third-order valence-electron chi connectivity index (χ3n) is 5.34. The minimum absolute atomic E-state index is 0.105. The number of halogens is 3. The summed E-state index contributed by atoms with van der Waals surface area (Å²) >= 11 is 19.8. The highest BCUT2D eigenvalue weighted by Gasteiger charge is 2.34. The fraction of sp³-hybridized carbons (Fsp3) is 0.103. The molecule has 0 aliphatic carbocycles. The Bertz CT molecular complexity index is 1510. The molecule has 3 aromatic carbocycles. The Morgan fingerprint density at radius 1 is 0.925 bits per heavy atom. The van der Waals surface area contributed by atoms with E-state index in [1.807, 2.05) is 54.6 Å². The molecule has 4 aromatic rings. The highest BCUT2D eigenvalue weighted by Crippen LogP contribution is 2.30. The van der Waals surface area contributed by atoms with Gasteiger partial charge < -0.3 is 15.4 Å². The zero-order valence-corrected chi connectivity index (χ0v) is 23.9. The van der Waals surface area contributed by atoms with E-state index in [-0.39, 0.29) is 11.1 Å². The molecule has 0 spiro atoms. The Kier molecular flexibility index (Phi) is 10.4. The molecule has 1 heterocycles. The van der Waals surface area contributed by atoms with Gasteiger partial charge in [-0.25, -0.2) is 9.79 Å². The van der Waals surface area contributed by atoms with Gasteiger partial charge >= 0.3 is 5.97 Å². The fourth-order valence-corrected chi connectivity index (χ4v) is 4.41. The molecule has 11 heteroatoms. The van der Waals surface area contributed by atoms with Crippen molar-refractivity contribution >= 4 is 86.3 Å². The first-order valence-electron chi connectivity index (χ1n) is 11.9. The predicted molar refractivity (Wildman–Crippen MR) is 164 cm³/mol. The van der Waals surface area contributed by atoms with E-state index in [1.165, 1.54) is 6.08 Å². The normalized spacial score (nSPS) is 12.7. The first-order valence-corrected chi connectivity index (χ1v) is 14.1. The Labute approximate surface area is 250 Å². The topological polar surface area (TPSA) is 92.7 Å². The minimum atomic E-state index is -1.96. The van der Waals surface area contributed by atoms with Crippen molar-refractivity contribution in [3.63, 3.8) is 0 Å². The van der Waals surface area contributed by atoms with E-state index in [0.29, 0.717) is 16.8 Å². The molecule has 2 N–H and O–H groups in total. The second kappa shape index (κ2) is 14.2. The molecule has 7 nitrogen and oxygen atoms in total. The van der Waals surface area contributed by atoms with Gasteiger partial charge in [-0.3, -0.25) is 9.78 Å². The van der Waals surface area contributed by atoms with Gasteiger partial charge in [0.15, 0.2) is 5.17 Å². The number of para-hydroxylation sites is 1. The second-order valence-electron chi connectivity index (χ2n) is 8.20. The largest absolute Gasteiger partial charge is 0.451 e. The van der Waals surface area contributed by atoms with Crippen molar-refractivity contribution in [1.29, 1.82) is 0 Å². The summed E-state index contributed by atoms with van der Waals surface area (Å²) in [4.78, 5) is 34.3. The van der Waals surface area contributed by atoms with Gasteiger partial charge in [0.1, 0.15) is 12.1 Å². The van der Waals surface area contributed by atoms with Crippen LogP contribution in [0.15, 0.2) is 108 Å². The van der Waals surface area contributed by atoms with Gasteiger partial charge in [0.05, 0.1) is 16.8 Å². The monoisotopic (exact) mass is 612 g/mol. The molecule has 1 amide bonds. The lowest BCUT2D eigenvalue weighted by Gasteiger charge is -2.27. The minimum Gasteiger partial charge on any atom is -0.451 e. The molecule has 0 fully saturated rings. The molecular formula is C29H23Cl3N4O3S. The summed E-state index contributed by atoms with van der Waals surface area (Å²) in [6, 6.07) is 27.1. The standard InChI is InChI=1S/C29H23Cl3N4O3S/c30-29(31,32)27(35-24(37)17-16-20-9-3-1-4-10-20)36-28(40-19-39-26(38)22-11-5-2-6-12-22)34-23-15-7-13-21-14-8-18-33-25(21)23/h1-18,27H,19H2,(H,34,36)(H,35,37)/b17-16+. The van der Waals surface area contributed by atoms with Gasteiger partial charge in [-0.2, -0.15) is 0 Å². The van der Waals surface area contributed by atoms with Crippen LogP contribution in [0.1, 0.15) is 15.9 Å². The smallest absolute Gasteiger partial charge is 0.338 e. The zero-order valence-electron chi connectivity index (χ0n) is 20.8. The maximum Gasteiger partial charge on any atom is 0.338 e. The molecule has 1 atom stereocenters. The molecule has 0 saturated carbocycles. The van der Waals surface area contributed by atoms with E-state index in [9.17, 15) is 9.59 Å². The van der Waals surface area contributed by atoms with E-state index < -0.39 is 21.8 Å². The summed E-state index contributed by atoms with van der Waals surface area (Å²) in [6.45, 7) is 0. The number of aromatic nitrogens is 1. The molecule has 0 bridgehead atoms. The molecule has 204 valence electrons. The lowest BCUT2D eigenvalue weighted by Crippen LogP contribution is -2.54. The molecule has 4 rings (SSSR count). The van der Waals surface area contributed by atoms with Crippen LogP contribution in [-0.2, 0) is 9.53 Å². The van der Waals surface area contributed by atoms with Crippen LogP contribution >= 0.6 is 46.6 Å². The van der Waals surface area contributed by atoms with Gasteiger partial charge in [0.2, 0.25) is 9.70 Å². The SMILES string of the molecule is O=C(/C=C/c1ccccc1)NC(N/C(=N\c1cccc2cccnc12)SCOC(=O)c1ccccc1)C(Cl)(Cl)Cl. The van der Waals surface area contributed by atoms with Gasteiger partial charge in [-0.15, -0.1) is 0 Å². The van der Waals surface area contributed by atoms with Crippen molar-refractivity contribution < 1.29 is 14.3 Å². The Morgan fingerprint density at radius 3 is 2.35 bits per heavy atom. The van der Waals surface area contributed by atoms with Crippen molar-refractivity contribution in [3.8, 4) is 0 Å². The summed E-state index contributed by atoms with van der Waals surface area (Å²) in [6.07, 6.45) is 3.44. The first-order chi connectivity index (χ1) is 19.3. The second-order valence-corrected chi connectivity index (χ2v) is 11.5. The average molecular weight is 614 g/mol. The summed E-state index contributed by atoms with van der Waals surface area (Å²) in [7, 11) is 0. The van der Waals surface area contributed by atoms with Crippen molar-refractivity contribution in [2.24, 2.45) is 4.99 Å². The Morgan fingerprint density at radius 2 is 1.62 bits per heavy atom. The molecule has 0 aliphatic heterocycles. The van der Waals surface area contributed by atoms with Crippen LogP contribution < -0.4 is 10.6 Å². The van der Waals surface area contributed by atoms with Crippen LogP contribution in [0, 0.1) is 0 Å². The number of amides is 1. The van der Waals surface area contributed by atoms with Crippen LogP contribution in [0.3, 0.4) is 0 Å². The number of alkyl halides is 3. The lowest BCUT2D eigenvalue weighted by molar-refractivity contribution is -0.117. The number of rotatable bonds is 8. The van der Waals surface area contributed by atoms with Gasteiger partial charge in [0.25, 0.3) is 0 Å². The number of ether oxygens (including phenoxy) is 1. The number of carbonyl (C=O) groups excluding carboxylic acids is 2. The molecule has 1 aromatic heterocycles. The summed E-state index contributed by atoms with van der Waals surface area (Å²) in [5.41, 5.74) is 2.41. The van der Waals surface area contributed by atoms with Crippen LogP contribution in [-0.4, -0.2) is 37.9 Å². The number of nitrogens with one attached hydrogen (secondary N) is 2. The number of carbonyl (C=O) groups is 2. The van der Waals surface area contributed by atoms with Crippen molar-refractivity contribution in [1.82, 2.24) is 15.6 Å². The van der Waals surface area contributed by atoms with Crippen LogP contribution in [0.4, 0.5) is 5.69 Å². The van der Waals surface area contributed by atoms with Crippen molar-refractivity contribution in [3.05, 3.63) is 114 Å². The number of esters is 1. The number of hydrogen-bond donors (Lipinski definition) is 2. The maximum atomic E-state index is 12.7. The number of fused-ring (bicyclic) bond motifs is 1. The molecule has 0 saturated heterocycles. The van der Waals surface area contributed by atoms with E-state index in [1.54, 1.807) is 48.7 Å². The number of benzene rings is 3. The summed E-state index contributed by atoms with van der Waals surface area (Å²) < 4.78 is 3.45. The van der Waals surface area contributed by atoms with Crippen LogP contribution in [0.5, 0.6) is 0 Å². The maximum absolute atomic E-state index is 12.7. The van der Waals surface area contributed by atoms with Gasteiger partial charge in [0, 0.05) is 17.7 Å². The van der Waals surface area contributed by atoms with Gasteiger partial charge in [-0.1, -0.05) is 102 Å². The predicted octanol–water partition coefficient (Wildman–Crippen LogP) is 6.89. The first kappa shape index (κ1) is 29.4. The van der Waals surface area contributed by atoms with Crippen LogP contribution in [0.2, 0.25) is 0 Å². The summed E-state index contributed by atoms with van der Waals surface area (Å²) in [5.74, 6) is -1.11. The third-order valence-corrected chi connectivity index (χ3v) is 6.71. The number of nitrogens with zero attached hydrogens (tertiary/aromatic N) is 2. The Hall–Kier alpha value is -3.56. The number of aliphatic imine (C=N–C) groups is 1. The Balaban J connectivity index is 1.56. The molecular weight excluding hydrogens is 591 g/mol. The van der Waals surface area contributed by atoms with E-state index in [0.717, 1.165) is 22.7 Å². The fourth-order valence-electron chi connectivity index (χ4n) is 3.44. The highest BCUT2D eigenvalue weighted by molar-refractivity contribution is 8.13. The molecule has 0 aliphatic rings. The summed E-state index contributed by atoms with van der Waals surface area (Å²) in [5, 5.41) is 6.74. The van der Waals surface area contributed by atoms with E-state index in [4.69, 9.17) is 39.5 Å². The highest BCUT2D eigenvalue weighted by atomic mass is 35.6. The number of thioether (sulfide) groups is 1. The number of pyridine rings is 1. The molecule has 0 radical (unpaired) electrons. The molecule has 40 heavy (non-hydrogen) atoms. The average Bonchev–Trinajstić information content (AvgIpc) is 2.96. The molecule has 1 unspecified atom stereocenters. The van der Waals surface area contributed by atoms with E-state index in [2.05, 4.69) is 20.6 Å². The number of amidine groups is 1. The number of hydrogen-bond acceptors (Lipinski definition) is 6.